The Kier molecular flexibility index (Phi) is 3.33. The Bertz CT molecular complexity index is 375. The summed E-state index contributed by atoms with van der Waals surface area (Å²) in [5.41, 5.74) is 0.352. The van der Waals surface area contributed by atoms with Gasteiger partial charge in [-0.1, -0.05) is 0 Å². The third-order valence-corrected chi connectivity index (χ3v) is 2.00. The number of carbonyl (C=O) groups is 1. The van der Waals surface area contributed by atoms with E-state index < -0.39 is 4.92 Å². The van der Waals surface area contributed by atoms with Crippen molar-refractivity contribution in [3.8, 4) is 0 Å². The molecule has 6 nitrogen and oxygen atoms in total. The molecule has 0 aliphatic heterocycles. The van der Waals surface area contributed by atoms with Gasteiger partial charge in [0, 0.05) is 19.7 Å². The van der Waals surface area contributed by atoms with Crippen LogP contribution >= 0.6 is 0 Å². The first-order valence-electron chi connectivity index (χ1n) is 4.42. The molecule has 0 bridgehead atoms. The van der Waals surface area contributed by atoms with Gasteiger partial charge in [0.05, 0.1) is 5.56 Å². The lowest BCUT2D eigenvalue weighted by Crippen LogP contribution is -2.26. The van der Waals surface area contributed by atoms with Crippen LogP contribution in [0.4, 0.5) is 5.82 Å². The second-order valence-electron chi connectivity index (χ2n) is 2.98. The summed E-state index contributed by atoms with van der Waals surface area (Å²) in [6.07, 6.45) is 1.21. The largest absolute Gasteiger partial charge is 0.363 e. The summed E-state index contributed by atoms with van der Waals surface area (Å²) in [6.45, 7) is 2.42. The maximum atomic E-state index is 11.6. The fourth-order valence-corrected chi connectivity index (χ4v) is 0.985. The smallest absolute Gasteiger partial charge is 0.358 e. The molecule has 1 heterocycles. The first kappa shape index (κ1) is 11.1. The maximum Gasteiger partial charge on any atom is 0.363 e. The van der Waals surface area contributed by atoms with Crippen molar-refractivity contribution in [3.05, 3.63) is 34.0 Å². The molecule has 0 fully saturated rings. The summed E-state index contributed by atoms with van der Waals surface area (Å²) in [5, 5.41) is 10.3. The molecule has 0 aliphatic rings. The summed E-state index contributed by atoms with van der Waals surface area (Å²) >= 11 is 0. The fraction of sp³-hybridized carbons (Fsp3) is 0.333. The molecule has 0 unspecified atom stereocenters. The van der Waals surface area contributed by atoms with Crippen molar-refractivity contribution in [3.63, 3.8) is 0 Å². The van der Waals surface area contributed by atoms with Gasteiger partial charge in [0.2, 0.25) is 0 Å². The molecule has 1 amide bonds. The number of amides is 1. The molecule has 0 aliphatic carbocycles. The number of rotatable bonds is 3. The van der Waals surface area contributed by atoms with Crippen LogP contribution in [0, 0.1) is 10.1 Å². The van der Waals surface area contributed by atoms with E-state index in [4.69, 9.17) is 0 Å². The number of pyridine rings is 1. The van der Waals surface area contributed by atoms with Gasteiger partial charge in [0.1, 0.15) is 0 Å². The Morgan fingerprint density at radius 1 is 1.60 bits per heavy atom. The van der Waals surface area contributed by atoms with Gasteiger partial charge in [-0.15, -0.1) is 0 Å². The summed E-state index contributed by atoms with van der Waals surface area (Å²) in [5.74, 6) is -0.453. The highest BCUT2D eigenvalue weighted by Crippen LogP contribution is 2.08. The van der Waals surface area contributed by atoms with E-state index in [2.05, 4.69) is 4.98 Å². The second kappa shape index (κ2) is 4.50. The normalized spacial score (nSPS) is 9.73. The fourth-order valence-electron chi connectivity index (χ4n) is 0.985. The minimum absolute atomic E-state index is 0.195. The van der Waals surface area contributed by atoms with E-state index in [1.165, 1.54) is 23.2 Å². The van der Waals surface area contributed by atoms with Crippen molar-refractivity contribution in [2.75, 3.05) is 13.6 Å². The van der Waals surface area contributed by atoms with Gasteiger partial charge in [-0.25, -0.2) is 0 Å². The number of carbonyl (C=O) groups excluding carboxylic acids is 1. The van der Waals surface area contributed by atoms with Crippen molar-refractivity contribution in [2.24, 2.45) is 0 Å². The van der Waals surface area contributed by atoms with Crippen molar-refractivity contribution < 1.29 is 9.72 Å². The molecule has 0 spiro atoms. The van der Waals surface area contributed by atoms with E-state index in [0.29, 0.717) is 12.1 Å². The molecule has 1 aromatic heterocycles. The summed E-state index contributed by atoms with van der Waals surface area (Å²) in [4.78, 5) is 26.4. The van der Waals surface area contributed by atoms with Crippen LogP contribution in [-0.4, -0.2) is 34.3 Å². The average Bonchev–Trinajstić information content (AvgIpc) is 2.27. The van der Waals surface area contributed by atoms with Gasteiger partial charge in [-0.05, 0) is 22.9 Å². The highest BCUT2D eigenvalue weighted by Gasteiger charge is 2.14. The molecule has 15 heavy (non-hydrogen) atoms. The van der Waals surface area contributed by atoms with Crippen LogP contribution in [0.25, 0.3) is 0 Å². The number of hydrogen-bond donors (Lipinski definition) is 0. The van der Waals surface area contributed by atoms with Crippen LogP contribution in [0.3, 0.4) is 0 Å². The molecule has 0 aromatic carbocycles. The zero-order valence-electron chi connectivity index (χ0n) is 8.51. The zero-order chi connectivity index (χ0) is 11.4. The first-order valence-corrected chi connectivity index (χ1v) is 4.42. The molecule has 0 atom stereocenters. The van der Waals surface area contributed by atoms with E-state index in [1.54, 1.807) is 7.05 Å². The molecule has 1 aromatic rings. The Labute approximate surface area is 86.7 Å². The van der Waals surface area contributed by atoms with Crippen LogP contribution in [0.15, 0.2) is 18.3 Å². The maximum absolute atomic E-state index is 11.6. The second-order valence-corrected chi connectivity index (χ2v) is 2.98. The average molecular weight is 209 g/mol. The van der Waals surface area contributed by atoms with Gasteiger partial charge in [-0.3, -0.25) is 4.79 Å². The van der Waals surface area contributed by atoms with Crippen LogP contribution in [0.5, 0.6) is 0 Å². The minimum atomic E-state index is -0.599. The highest BCUT2D eigenvalue weighted by molar-refractivity contribution is 5.93. The number of nitrogens with zero attached hydrogens (tertiary/aromatic N) is 3. The standard InChI is InChI=1S/C9H11N3O3/c1-3-11(2)9(13)7-4-5-8(10-6-7)12(14)15/h4-6H,3H2,1-2H3. The van der Waals surface area contributed by atoms with Crippen LogP contribution in [0.1, 0.15) is 17.3 Å². The van der Waals surface area contributed by atoms with Gasteiger partial charge in [-0.2, -0.15) is 0 Å². The third-order valence-electron chi connectivity index (χ3n) is 2.00. The van der Waals surface area contributed by atoms with E-state index in [9.17, 15) is 14.9 Å². The number of nitro groups is 1. The van der Waals surface area contributed by atoms with Crippen LogP contribution in [0.2, 0.25) is 0 Å². The van der Waals surface area contributed by atoms with Crippen LogP contribution < -0.4 is 0 Å². The van der Waals surface area contributed by atoms with E-state index in [0.717, 1.165) is 0 Å². The van der Waals surface area contributed by atoms with E-state index >= 15 is 0 Å². The zero-order valence-corrected chi connectivity index (χ0v) is 8.51. The molecular formula is C9H11N3O3. The van der Waals surface area contributed by atoms with Crippen molar-refractivity contribution >= 4 is 11.7 Å². The van der Waals surface area contributed by atoms with E-state index in [-0.39, 0.29) is 11.7 Å². The topological polar surface area (TPSA) is 76.3 Å². The van der Waals surface area contributed by atoms with Gasteiger partial charge in [0.25, 0.3) is 5.91 Å². The Hall–Kier alpha value is -1.98. The summed E-state index contributed by atoms with van der Waals surface area (Å²) in [6, 6.07) is 2.62. The predicted molar refractivity (Wildman–Crippen MR) is 53.5 cm³/mol. The van der Waals surface area contributed by atoms with Crippen molar-refractivity contribution in [1.82, 2.24) is 9.88 Å². The molecule has 0 saturated carbocycles. The quantitative estimate of drug-likeness (QED) is 0.551. The van der Waals surface area contributed by atoms with Gasteiger partial charge in [0.15, 0.2) is 6.20 Å². The summed E-state index contributed by atoms with van der Waals surface area (Å²) in [7, 11) is 1.66. The van der Waals surface area contributed by atoms with Crippen molar-refractivity contribution in [1.29, 1.82) is 0 Å². The first-order chi connectivity index (χ1) is 7.06. The molecule has 0 radical (unpaired) electrons. The minimum Gasteiger partial charge on any atom is -0.358 e. The van der Waals surface area contributed by atoms with Gasteiger partial charge >= 0.3 is 5.82 Å². The third kappa shape index (κ3) is 2.49. The summed E-state index contributed by atoms with van der Waals surface area (Å²) < 4.78 is 0. The molecule has 1 rings (SSSR count). The monoisotopic (exact) mass is 209 g/mol. The Morgan fingerprint density at radius 2 is 2.27 bits per heavy atom. The lowest BCUT2D eigenvalue weighted by atomic mass is 10.2. The molecule has 80 valence electrons. The SMILES string of the molecule is CCN(C)C(=O)c1ccc([N+](=O)[O-])nc1. The Balaban J connectivity index is 2.89. The Morgan fingerprint density at radius 3 is 2.67 bits per heavy atom. The predicted octanol–water partition coefficient (Wildman–Crippen LogP) is 1.08. The number of aromatic nitrogens is 1. The van der Waals surface area contributed by atoms with E-state index in [1.807, 2.05) is 6.92 Å². The van der Waals surface area contributed by atoms with Gasteiger partial charge < -0.3 is 15.0 Å². The highest BCUT2D eigenvalue weighted by atomic mass is 16.6. The molecule has 0 N–H and O–H groups in total. The lowest BCUT2D eigenvalue weighted by Gasteiger charge is -2.12. The van der Waals surface area contributed by atoms with Crippen molar-refractivity contribution in [2.45, 2.75) is 6.92 Å². The molecule has 0 saturated heterocycles. The van der Waals surface area contributed by atoms with Crippen LogP contribution in [-0.2, 0) is 0 Å². The number of hydrogen-bond acceptors (Lipinski definition) is 4. The lowest BCUT2D eigenvalue weighted by molar-refractivity contribution is -0.389. The molecule has 6 heteroatoms. The molecular weight excluding hydrogens is 198 g/mol.